The molecule has 2 N–H and O–H groups in total. The van der Waals surface area contributed by atoms with Crippen molar-refractivity contribution in [1.29, 1.82) is 0 Å². The van der Waals surface area contributed by atoms with Crippen LogP contribution in [-0.4, -0.2) is 43.6 Å². The topological polar surface area (TPSA) is 69.6 Å². The van der Waals surface area contributed by atoms with Gasteiger partial charge in [0.1, 0.15) is 0 Å². The van der Waals surface area contributed by atoms with Crippen molar-refractivity contribution in [3.63, 3.8) is 0 Å². The van der Waals surface area contributed by atoms with Crippen molar-refractivity contribution in [2.75, 3.05) is 20.1 Å². The predicted octanol–water partition coefficient (Wildman–Crippen LogP) is 0.0776. The lowest BCUT2D eigenvalue weighted by atomic mass is 10.0. The van der Waals surface area contributed by atoms with Gasteiger partial charge in [-0.15, -0.1) is 0 Å². The molecule has 0 unspecified atom stereocenters. The van der Waals surface area contributed by atoms with E-state index in [0.29, 0.717) is 19.4 Å². The fourth-order valence-corrected chi connectivity index (χ4v) is 2.73. The van der Waals surface area contributed by atoms with Gasteiger partial charge in [0.25, 0.3) is 10.2 Å². The van der Waals surface area contributed by atoms with Crippen LogP contribution in [0, 0.1) is 0 Å². The number of aliphatic hydroxyl groups is 1. The van der Waals surface area contributed by atoms with Gasteiger partial charge in [0.05, 0.1) is 5.60 Å². The number of nitrogens with one attached hydrogen (secondary N) is 1. The van der Waals surface area contributed by atoms with Crippen LogP contribution in [0.2, 0.25) is 0 Å². The summed E-state index contributed by atoms with van der Waals surface area (Å²) in [6.45, 7) is 2.32. The molecule has 0 amide bonds. The molecule has 0 spiro atoms. The van der Waals surface area contributed by atoms with Gasteiger partial charge in [0, 0.05) is 20.1 Å². The van der Waals surface area contributed by atoms with E-state index in [1.807, 2.05) is 0 Å². The first-order valence-electron chi connectivity index (χ1n) is 5.33. The quantitative estimate of drug-likeness (QED) is 0.710. The van der Waals surface area contributed by atoms with Crippen molar-refractivity contribution >= 4 is 10.2 Å². The van der Waals surface area contributed by atoms with Gasteiger partial charge < -0.3 is 5.11 Å². The second-order valence-electron chi connectivity index (χ2n) is 4.17. The van der Waals surface area contributed by atoms with E-state index in [2.05, 4.69) is 4.72 Å². The minimum Gasteiger partial charge on any atom is -0.389 e. The number of rotatable bonds is 5. The molecule has 1 fully saturated rings. The Bertz CT molecular complexity index is 296. The van der Waals surface area contributed by atoms with Gasteiger partial charge >= 0.3 is 0 Å². The summed E-state index contributed by atoms with van der Waals surface area (Å²) >= 11 is 0. The molecule has 0 saturated heterocycles. The lowest BCUT2D eigenvalue weighted by Crippen LogP contribution is -2.45. The third kappa shape index (κ3) is 3.41. The smallest absolute Gasteiger partial charge is 0.279 e. The van der Waals surface area contributed by atoms with Gasteiger partial charge in [-0.05, 0) is 12.8 Å². The monoisotopic (exact) mass is 236 g/mol. The Morgan fingerprint density at radius 3 is 2.40 bits per heavy atom. The van der Waals surface area contributed by atoms with Gasteiger partial charge in [-0.25, -0.2) is 0 Å². The van der Waals surface area contributed by atoms with Crippen molar-refractivity contribution in [2.24, 2.45) is 0 Å². The average Bonchev–Trinajstić information content (AvgIpc) is 2.62. The molecule has 6 heteroatoms. The van der Waals surface area contributed by atoms with Crippen molar-refractivity contribution in [2.45, 2.75) is 38.2 Å². The normalized spacial score (nSPS) is 21.1. The summed E-state index contributed by atoms with van der Waals surface area (Å²) in [4.78, 5) is 0. The molecule has 0 aromatic rings. The summed E-state index contributed by atoms with van der Waals surface area (Å²) in [6, 6.07) is 0. The van der Waals surface area contributed by atoms with E-state index in [0.717, 1.165) is 12.8 Å². The first-order chi connectivity index (χ1) is 6.90. The number of hydrogen-bond acceptors (Lipinski definition) is 3. The molecule has 0 atom stereocenters. The Hall–Kier alpha value is -0.170. The molecule has 0 aromatic carbocycles. The molecule has 0 radical (unpaired) electrons. The fourth-order valence-electron chi connectivity index (χ4n) is 1.72. The molecule has 0 aromatic heterocycles. The molecule has 5 nitrogen and oxygen atoms in total. The largest absolute Gasteiger partial charge is 0.389 e. The van der Waals surface area contributed by atoms with Gasteiger partial charge in [0.15, 0.2) is 0 Å². The summed E-state index contributed by atoms with van der Waals surface area (Å²) < 4.78 is 26.8. The Labute approximate surface area is 91.7 Å². The van der Waals surface area contributed by atoms with Crippen LogP contribution >= 0.6 is 0 Å². The molecule has 1 aliphatic rings. The lowest BCUT2D eigenvalue weighted by Gasteiger charge is -2.24. The number of hydrogen-bond donors (Lipinski definition) is 2. The van der Waals surface area contributed by atoms with Crippen LogP contribution < -0.4 is 4.72 Å². The first-order valence-corrected chi connectivity index (χ1v) is 6.77. The maximum Gasteiger partial charge on any atom is 0.279 e. The van der Waals surface area contributed by atoms with Crippen LogP contribution in [0.4, 0.5) is 0 Å². The molecule has 0 bridgehead atoms. The van der Waals surface area contributed by atoms with E-state index < -0.39 is 15.8 Å². The van der Waals surface area contributed by atoms with Crippen LogP contribution in [0.3, 0.4) is 0 Å². The highest BCUT2D eigenvalue weighted by molar-refractivity contribution is 7.87. The Kier molecular flexibility index (Phi) is 4.11. The lowest BCUT2D eigenvalue weighted by molar-refractivity contribution is 0.0528. The van der Waals surface area contributed by atoms with E-state index in [1.165, 1.54) is 11.4 Å². The van der Waals surface area contributed by atoms with Gasteiger partial charge in [-0.2, -0.15) is 17.4 Å². The Morgan fingerprint density at radius 1 is 1.40 bits per heavy atom. The van der Waals surface area contributed by atoms with Crippen molar-refractivity contribution < 1.29 is 13.5 Å². The third-order valence-corrected chi connectivity index (χ3v) is 4.56. The second-order valence-corrected chi connectivity index (χ2v) is 6.03. The predicted molar refractivity (Wildman–Crippen MR) is 58.6 cm³/mol. The van der Waals surface area contributed by atoms with Crippen LogP contribution in [-0.2, 0) is 10.2 Å². The molecular formula is C9H20N2O3S. The Balaban J connectivity index is 2.49. The van der Waals surface area contributed by atoms with Crippen molar-refractivity contribution in [1.82, 2.24) is 9.03 Å². The van der Waals surface area contributed by atoms with Crippen LogP contribution in [0.1, 0.15) is 32.6 Å². The zero-order valence-electron chi connectivity index (χ0n) is 9.36. The SMILES string of the molecule is CCN(C)S(=O)(=O)NCC1(O)CCCC1. The summed E-state index contributed by atoms with van der Waals surface area (Å²) in [5.74, 6) is 0. The summed E-state index contributed by atoms with van der Waals surface area (Å²) in [7, 11) is -1.90. The van der Waals surface area contributed by atoms with Crippen LogP contribution in [0.5, 0.6) is 0 Å². The van der Waals surface area contributed by atoms with E-state index in [4.69, 9.17) is 0 Å². The molecular weight excluding hydrogens is 216 g/mol. The van der Waals surface area contributed by atoms with Gasteiger partial charge in [0.2, 0.25) is 0 Å². The van der Waals surface area contributed by atoms with E-state index in [9.17, 15) is 13.5 Å². The molecule has 0 heterocycles. The third-order valence-electron chi connectivity index (χ3n) is 2.97. The summed E-state index contributed by atoms with van der Waals surface area (Å²) in [5.41, 5.74) is -0.832. The maximum atomic E-state index is 11.6. The number of nitrogens with zero attached hydrogens (tertiary/aromatic N) is 1. The highest BCUT2D eigenvalue weighted by Crippen LogP contribution is 2.28. The average molecular weight is 236 g/mol. The molecule has 1 saturated carbocycles. The van der Waals surface area contributed by atoms with E-state index in [1.54, 1.807) is 6.92 Å². The second kappa shape index (κ2) is 4.78. The minimum atomic E-state index is -3.41. The maximum absolute atomic E-state index is 11.6. The van der Waals surface area contributed by atoms with Gasteiger partial charge in [-0.1, -0.05) is 19.8 Å². The highest BCUT2D eigenvalue weighted by Gasteiger charge is 2.32. The molecule has 15 heavy (non-hydrogen) atoms. The van der Waals surface area contributed by atoms with Crippen molar-refractivity contribution in [3.8, 4) is 0 Å². The molecule has 90 valence electrons. The zero-order valence-corrected chi connectivity index (χ0v) is 10.2. The van der Waals surface area contributed by atoms with Crippen molar-refractivity contribution in [3.05, 3.63) is 0 Å². The first kappa shape index (κ1) is 12.9. The standard InChI is InChI=1S/C9H20N2O3S/c1-3-11(2)15(13,14)10-8-9(12)6-4-5-7-9/h10,12H,3-8H2,1-2H3. The fraction of sp³-hybridized carbons (Fsp3) is 1.00. The molecule has 1 aliphatic carbocycles. The Morgan fingerprint density at radius 2 is 1.93 bits per heavy atom. The molecule has 0 aliphatic heterocycles. The van der Waals surface area contributed by atoms with Gasteiger partial charge in [-0.3, -0.25) is 0 Å². The molecule has 1 rings (SSSR count). The van der Waals surface area contributed by atoms with E-state index >= 15 is 0 Å². The minimum absolute atomic E-state index is 0.125. The summed E-state index contributed by atoms with van der Waals surface area (Å²) in [5, 5.41) is 9.96. The zero-order chi connectivity index (χ0) is 11.5. The van der Waals surface area contributed by atoms with Crippen LogP contribution in [0.15, 0.2) is 0 Å². The van der Waals surface area contributed by atoms with E-state index in [-0.39, 0.29) is 6.54 Å². The van der Waals surface area contributed by atoms with Crippen LogP contribution in [0.25, 0.3) is 0 Å². The highest BCUT2D eigenvalue weighted by atomic mass is 32.2. The summed E-state index contributed by atoms with van der Waals surface area (Å²) in [6.07, 6.45) is 3.32.